The SMILES string of the molecule is COC(=O)c1ccc(Cl)c(NC(=O)c2cc(Nc3cc(C)on3)ccn2)c1. The molecule has 3 aromatic rings. The summed E-state index contributed by atoms with van der Waals surface area (Å²) < 4.78 is 9.65. The van der Waals surface area contributed by atoms with Crippen LogP contribution in [0.3, 0.4) is 0 Å². The predicted molar refractivity (Wildman–Crippen MR) is 99.5 cm³/mol. The van der Waals surface area contributed by atoms with Crippen LogP contribution in [0.25, 0.3) is 0 Å². The molecule has 2 heterocycles. The first-order chi connectivity index (χ1) is 13.0. The van der Waals surface area contributed by atoms with E-state index >= 15 is 0 Å². The minimum atomic E-state index is -0.533. The van der Waals surface area contributed by atoms with Gasteiger partial charge in [-0.25, -0.2) is 4.79 Å². The molecule has 8 nitrogen and oxygen atoms in total. The molecule has 3 rings (SSSR count). The Morgan fingerprint density at radius 1 is 1.19 bits per heavy atom. The van der Waals surface area contributed by atoms with Crippen molar-refractivity contribution >= 4 is 40.7 Å². The lowest BCUT2D eigenvalue weighted by Gasteiger charge is -2.09. The number of anilines is 3. The van der Waals surface area contributed by atoms with Crippen molar-refractivity contribution in [2.45, 2.75) is 6.92 Å². The smallest absolute Gasteiger partial charge is 0.337 e. The maximum atomic E-state index is 12.5. The second-order valence-corrected chi connectivity index (χ2v) is 5.93. The van der Waals surface area contributed by atoms with Gasteiger partial charge < -0.3 is 19.9 Å². The standard InChI is InChI=1S/C18H15ClN4O4/c1-10-7-16(23-27-10)21-12-5-6-20-15(9-12)17(24)22-14-8-11(18(25)26-2)3-4-13(14)19/h3-9H,1-2H3,(H,22,24)(H,20,21,23). The van der Waals surface area contributed by atoms with E-state index in [2.05, 4.69) is 25.5 Å². The van der Waals surface area contributed by atoms with Crippen LogP contribution in [0.1, 0.15) is 26.6 Å². The van der Waals surface area contributed by atoms with E-state index in [9.17, 15) is 9.59 Å². The summed E-state index contributed by atoms with van der Waals surface area (Å²) in [6.45, 7) is 1.77. The number of amides is 1. The van der Waals surface area contributed by atoms with Crippen molar-refractivity contribution < 1.29 is 18.8 Å². The number of nitrogens with one attached hydrogen (secondary N) is 2. The van der Waals surface area contributed by atoms with Gasteiger partial charge in [0.1, 0.15) is 11.5 Å². The first-order valence-corrected chi connectivity index (χ1v) is 8.19. The van der Waals surface area contributed by atoms with E-state index in [4.69, 9.17) is 16.1 Å². The zero-order chi connectivity index (χ0) is 19.4. The molecule has 2 N–H and O–H groups in total. The molecule has 2 aromatic heterocycles. The van der Waals surface area contributed by atoms with E-state index < -0.39 is 11.9 Å². The monoisotopic (exact) mass is 386 g/mol. The van der Waals surface area contributed by atoms with Crippen molar-refractivity contribution in [2.24, 2.45) is 0 Å². The van der Waals surface area contributed by atoms with Crippen LogP contribution in [-0.2, 0) is 4.74 Å². The van der Waals surface area contributed by atoms with E-state index in [1.165, 1.54) is 31.5 Å². The van der Waals surface area contributed by atoms with Crippen LogP contribution < -0.4 is 10.6 Å². The highest BCUT2D eigenvalue weighted by Crippen LogP contribution is 2.24. The fourth-order valence-corrected chi connectivity index (χ4v) is 2.42. The van der Waals surface area contributed by atoms with Crippen LogP contribution in [0.2, 0.25) is 5.02 Å². The van der Waals surface area contributed by atoms with Crippen molar-refractivity contribution in [3.05, 3.63) is 64.6 Å². The number of aryl methyl sites for hydroxylation is 1. The molecule has 0 aliphatic carbocycles. The lowest BCUT2D eigenvalue weighted by atomic mass is 10.2. The number of benzene rings is 1. The molecule has 0 aliphatic heterocycles. The molecule has 138 valence electrons. The highest BCUT2D eigenvalue weighted by atomic mass is 35.5. The van der Waals surface area contributed by atoms with Crippen LogP contribution in [0.5, 0.6) is 0 Å². The van der Waals surface area contributed by atoms with Gasteiger partial charge in [0.15, 0.2) is 5.82 Å². The lowest BCUT2D eigenvalue weighted by Crippen LogP contribution is -2.15. The molecule has 0 aliphatic rings. The van der Waals surface area contributed by atoms with Gasteiger partial charge in [-0.15, -0.1) is 0 Å². The predicted octanol–water partition coefficient (Wildman–Crippen LogP) is 3.81. The van der Waals surface area contributed by atoms with Crippen molar-refractivity contribution in [1.82, 2.24) is 10.1 Å². The molecule has 1 amide bonds. The maximum absolute atomic E-state index is 12.5. The number of pyridine rings is 1. The number of aromatic nitrogens is 2. The number of halogens is 1. The zero-order valence-corrected chi connectivity index (χ0v) is 15.2. The van der Waals surface area contributed by atoms with Crippen LogP contribution in [0, 0.1) is 6.92 Å². The summed E-state index contributed by atoms with van der Waals surface area (Å²) in [6, 6.07) is 9.40. The molecule has 0 unspecified atom stereocenters. The highest BCUT2D eigenvalue weighted by Gasteiger charge is 2.14. The van der Waals surface area contributed by atoms with E-state index in [-0.39, 0.29) is 22.0 Å². The maximum Gasteiger partial charge on any atom is 0.337 e. The third-order valence-electron chi connectivity index (χ3n) is 3.53. The second kappa shape index (κ2) is 7.88. The molecule has 0 atom stereocenters. The summed E-state index contributed by atoms with van der Waals surface area (Å²) >= 11 is 6.10. The first-order valence-electron chi connectivity index (χ1n) is 7.82. The van der Waals surface area contributed by atoms with Crippen LogP contribution in [-0.4, -0.2) is 29.1 Å². The third kappa shape index (κ3) is 4.42. The Morgan fingerprint density at radius 3 is 2.70 bits per heavy atom. The summed E-state index contributed by atoms with van der Waals surface area (Å²) in [7, 11) is 1.27. The molecule has 0 radical (unpaired) electrons. The summed E-state index contributed by atoms with van der Waals surface area (Å²) in [6.07, 6.45) is 1.48. The van der Waals surface area contributed by atoms with Gasteiger partial charge in [0.05, 0.1) is 23.4 Å². The topological polar surface area (TPSA) is 106 Å². The highest BCUT2D eigenvalue weighted by molar-refractivity contribution is 6.34. The van der Waals surface area contributed by atoms with Crippen LogP contribution in [0.4, 0.5) is 17.2 Å². The molecular formula is C18H15ClN4O4. The molecule has 0 saturated carbocycles. The van der Waals surface area contributed by atoms with Gasteiger partial charge in [-0.3, -0.25) is 9.78 Å². The van der Waals surface area contributed by atoms with Crippen LogP contribution in [0.15, 0.2) is 47.1 Å². The Kier molecular flexibility index (Phi) is 5.37. The Balaban J connectivity index is 1.78. The van der Waals surface area contributed by atoms with E-state index in [0.717, 1.165) is 0 Å². The van der Waals surface area contributed by atoms with Gasteiger partial charge >= 0.3 is 5.97 Å². The number of hydrogen-bond donors (Lipinski definition) is 2. The number of carbonyl (C=O) groups excluding carboxylic acids is 2. The number of rotatable bonds is 5. The van der Waals surface area contributed by atoms with E-state index in [1.54, 1.807) is 25.1 Å². The molecule has 27 heavy (non-hydrogen) atoms. The van der Waals surface area contributed by atoms with Gasteiger partial charge in [-0.2, -0.15) is 0 Å². The van der Waals surface area contributed by atoms with E-state index in [0.29, 0.717) is 17.3 Å². The van der Waals surface area contributed by atoms with Gasteiger partial charge in [0.25, 0.3) is 5.91 Å². The minimum Gasteiger partial charge on any atom is -0.465 e. The summed E-state index contributed by atoms with van der Waals surface area (Å²) in [4.78, 5) is 28.2. The molecule has 0 fully saturated rings. The number of esters is 1. The quantitative estimate of drug-likeness (QED) is 0.642. The number of carbonyl (C=O) groups is 2. The van der Waals surface area contributed by atoms with Crippen molar-refractivity contribution in [3.63, 3.8) is 0 Å². The number of nitrogens with zero attached hydrogens (tertiary/aromatic N) is 2. The van der Waals surface area contributed by atoms with Crippen LogP contribution >= 0.6 is 11.6 Å². The average Bonchev–Trinajstić information content (AvgIpc) is 3.07. The molecule has 1 aromatic carbocycles. The Morgan fingerprint density at radius 2 is 2.00 bits per heavy atom. The second-order valence-electron chi connectivity index (χ2n) is 5.52. The normalized spacial score (nSPS) is 10.3. The zero-order valence-electron chi connectivity index (χ0n) is 14.4. The molecule has 0 bridgehead atoms. The largest absolute Gasteiger partial charge is 0.465 e. The summed E-state index contributed by atoms with van der Waals surface area (Å²) in [5, 5.41) is 9.76. The number of hydrogen-bond acceptors (Lipinski definition) is 7. The van der Waals surface area contributed by atoms with Gasteiger partial charge in [-0.1, -0.05) is 16.8 Å². The molecular weight excluding hydrogens is 372 g/mol. The molecule has 0 spiro atoms. The minimum absolute atomic E-state index is 0.153. The van der Waals surface area contributed by atoms with Crippen molar-refractivity contribution in [2.75, 3.05) is 17.7 Å². The summed E-state index contributed by atoms with van der Waals surface area (Å²) in [5.74, 6) is 0.150. The third-order valence-corrected chi connectivity index (χ3v) is 3.86. The van der Waals surface area contributed by atoms with Gasteiger partial charge in [-0.05, 0) is 37.3 Å². The van der Waals surface area contributed by atoms with E-state index in [1.807, 2.05) is 0 Å². The Bertz CT molecular complexity index is 1000. The van der Waals surface area contributed by atoms with Gasteiger partial charge in [0.2, 0.25) is 0 Å². The number of ether oxygens (including phenoxy) is 1. The Labute approximate surface area is 159 Å². The first kappa shape index (κ1) is 18.4. The molecule has 9 heteroatoms. The summed E-state index contributed by atoms with van der Waals surface area (Å²) in [5.41, 5.74) is 1.30. The van der Waals surface area contributed by atoms with Crippen molar-refractivity contribution in [3.8, 4) is 0 Å². The van der Waals surface area contributed by atoms with Crippen molar-refractivity contribution in [1.29, 1.82) is 0 Å². The number of methoxy groups -OCH3 is 1. The Hall–Kier alpha value is -3.39. The fourth-order valence-electron chi connectivity index (χ4n) is 2.26. The lowest BCUT2D eigenvalue weighted by molar-refractivity contribution is 0.0600. The van der Waals surface area contributed by atoms with Gasteiger partial charge in [0, 0.05) is 18.0 Å². The average molecular weight is 387 g/mol. The molecule has 0 saturated heterocycles. The fraction of sp³-hybridized carbons (Fsp3) is 0.111.